The zero-order valence-electron chi connectivity index (χ0n) is 19.4. The first-order valence-electron chi connectivity index (χ1n) is 11.3. The molecule has 0 amide bonds. The van der Waals surface area contributed by atoms with Gasteiger partial charge >= 0.3 is 0 Å². The van der Waals surface area contributed by atoms with Crippen LogP contribution >= 0.6 is 11.3 Å². The summed E-state index contributed by atoms with van der Waals surface area (Å²) < 4.78 is 34.9. The Balaban J connectivity index is 1.58. The number of likely N-dealkylation sites (N-methyl/N-ethyl adjacent to an activating group) is 1. The van der Waals surface area contributed by atoms with Crippen molar-refractivity contribution in [1.29, 1.82) is 0 Å². The van der Waals surface area contributed by atoms with Gasteiger partial charge in [-0.25, -0.2) is 18.7 Å². The first kappa shape index (κ1) is 23.6. The molecule has 0 aliphatic carbocycles. The minimum Gasteiger partial charge on any atom is -0.378 e. The molecule has 1 N–H and O–H groups in total. The number of pyridine rings is 1. The van der Waals surface area contributed by atoms with Crippen LogP contribution in [0.15, 0.2) is 53.2 Å². The van der Waals surface area contributed by atoms with E-state index in [2.05, 4.69) is 20.2 Å². The van der Waals surface area contributed by atoms with Crippen LogP contribution < -0.4 is 15.6 Å². The lowest BCUT2D eigenvalue weighted by molar-refractivity contribution is 0.0996. The summed E-state index contributed by atoms with van der Waals surface area (Å²) in [5.41, 5.74) is 2.06. The standard InChI is InChI=1S/C24H26F2N6O2S/c1-27-18-12-31(13-20(18)34-2)16-3-4-17-19(10-16)32(24-29-6-8-35-24)11-15(23(17)33)9-22-28-5-7-30(22)14-21(25)26/h3-8,10-11,18,20-21,27H,9,12-14H2,1-2H3/t18-,20-/m0/s1. The number of hydrogen-bond acceptors (Lipinski definition) is 7. The van der Waals surface area contributed by atoms with Gasteiger partial charge in [-0.2, -0.15) is 0 Å². The van der Waals surface area contributed by atoms with Gasteiger partial charge in [0.1, 0.15) is 5.82 Å². The maximum atomic E-state index is 13.5. The molecule has 2 atom stereocenters. The molecule has 35 heavy (non-hydrogen) atoms. The Kier molecular flexibility index (Phi) is 6.63. The second kappa shape index (κ2) is 9.84. The largest absolute Gasteiger partial charge is 0.378 e. The van der Waals surface area contributed by atoms with Crippen molar-refractivity contribution in [2.24, 2.45) is 0 Å². The van der Waals surface area contributed by atoms with Crippen molar-refractivity contribution in [1.82, 2.24) is 24.4 Å². The number of rotatable bonds is 8. The molecular weight excluding hydrogens is 474 g/mol. The van der Waals surface area contributed by atoms with Gasteiger partial charge in [0.25, 0.3) is 6.43 Å². The molecule has 1 aliphatic heterocycles. The van der Waals surface area contributed by atoms with Gasteiger partial charge in [-0.15, -0.1) is 11.3 Å². The zero-order valence-corrected chi connectivity index (χ0v) is 20.2. The van der Waals surface area contributed by atoms with Crippen molar-refractivity contribution in [2.75, 3.05) is 32.1 Å². The highest BCUT2D eigenvalue weighted by Gasteiger charge is 2.32. The molecule has 0 unspecified atom stereocenters. The molecule has 4 heterocycles. The van der Waals surface area contributed by atoms with Crippen LogP contribution in [0, 0.1) is 0 Å². The normalized spacial score (nSPS) is 18.3. The summed E-state index contributed by atoms with van der Waals surface area (Å²) in [6, 6.07) is 5.99. The Bertz CT molecular complexity index is 1360. The SMILES string of the molecule is CN[C@H]1CN(c2ccc3c(=O)c(Cc4nccn4CC(F)F)cn(-c4nccs4)c3c2)C[C@@H]1OC. The number of fused-ring (bicyclic) bond motifs is 1. The monoisotopic (exact) mass is 500 g/mol. The maximum absolute atomic E-state index is 13.5. The number of hydrogen-bond donors (Lipinski definition) is 1. The van der Waals surface area contributed by atoms with E-state index in [1.165, 1.54) is 28.3 Å². The number of aromatic nitrogens is 4. The maximum Gasteiger partial charge on any atom is 0.256 e. The second-order valence-electron chi connectivity index (χ2n) is 8.51. The molecule has 0 radical (unpaired) electrons. The predicted octanol–water partition coefficient (Wildman–Crippen LogP) is 2.92. The molecule has 1 aromatic carbocycles. The fourth-order valence-corrected chi connectivity index (χ4v) is 5.31. The van der Waals surface area contributed by atoms with Crippen LogP contribution in [0.2, 0.25) is 0 Å². The van der Waals surface area contributed by atoms with Gasteiger partial charge < -0.3 is 19.5 Å². The van der Waals surface area contributed by atoms with Gasteiger partial charge in [0.2, 0.25) is 0 Å². The lowest BCUT2D eigenvalue weighted by atomic mass is 10.1. The number of nitrogens with one attached hydrogen (secondary N) is 1. The average Bonchev–Trinajstić information content (AvgIpc) is 3.61. The van der Waals surface area contributed by atoms with Crippen LogP contribution in [0.4, 0.5) is 14.5 Å². The van der Waals surface area contributed by atoms with E-state index in [4.69, 9.17) is 4.74 Å². The minimum atomic E-state index is -2.50. The number of thiazole rings is 1. The molecule has 4 aromatic rings. The van der Waals surface area contributed by atoms with E-state index >= 15 is 0 Å². The van der Waals surface area contributed by atoms with Gasteiger partial charge in [-0.05, 0) is 25.2 Å². The van der Waals surface area contributed by atoms with Crippen LogP contribution in [0.3, 0.4) is 0 Å². The van der Waals surface area contributed by atoms with Crippen molar-refractivity contribution in [3.63, 3.8) is 0 Å². The predicted molar refractivity (Wildman–Crippen MR) is 132 cm³/mol. The molecule has 1 fully saturated rings. The second-order valence-corrected chi connectivity index (χ2v) is 9.38. The molecule has 11 heteroatoms. The van der Waals surface area contributed by atoms with Gasteiger partial charge in [0.05, 0.1) is 24.2 Å². The van der Waals surface area contributed by atoms with Gasteiger partial charge in [-0.1, -0.05) is 0 Å². The van der Waals surface area contributed by atoms with Crippen LogP contribution in [0.25, 0.3) is 16.0 Å². The Hall–Kier alpha value is -3.15. The highest BCUT2D eigenvalue weighted by atomic mass is 32.1. The molecule has 1 aliphatic rings. The van der Waals surface area contributed by atoms with Crippen molar-refractivity contribution in [3.05, 3.63) is 70.0 Å². The Morgan fingerprint density at radius 2 is 2.11 bits per heavy atom. The Labute approximate surface area is 204 Å². The fraction of sp³-hybridized carbons (Fsp3) is 0.375. The zero-order chi connectivity index (χ0) is 24.5. The first-order valence-corrected chi connectivity index (χ1v) is 12.2. The van der Waals surface area contributed by atoms with Crippen molar-refractivity contribution in [3.8, 4) is 5.13 Å². The third-order valence-electron chi connectivity index (χ3n) is 6.48. The number of imidazole rings is 1. The Morgan fingerprint density at radius 1 is 1.26 bits per heavy atom. The summed E-state index contributed by atoms with van der Waals surface area (Å²) in [7, 11) is 3.64. The molecule has 0 spiro atoms. The quantitative estimate of drug-likeness (QED) is 0.401. The van der Waals surface area contributed by atoms with E-state index in [1.807, 2.05) is 35.2 Å². The summed E-state index contributed by atoms with van der Waals surface area (Å²) in [5, 5.41) is 6.44. The van der Waals surface area contributed by atoms with Crippen molar-refractivity contribution >= 4 is 27.9 Å². The summed E-state index contributed by atoms with van der Waals surface area (Å²) in [6.45, 7) is 1.06. The van der Waals surface area contributed by atoms with E-state index in [9.17, 15) is 13.6 Å². The summed E-state index contributed by atoms with van der Waals surface area (Å²) in [4.78, 5) is 24.4. The molecule has 5 rings (SSSR count). The molecule has 8 nitrogen and oxygen atoms in total. The third-order valence-corrected chi connectivity index (χ3v) is 7.25. The number of benzene rings is 1. The van der Waals surface area contributed by atoms with Crippen molar-refractivity contribution < 1.29 is 13.5 Å². The van der Waals surface area contributed by atoms with E-state index in [0.717, 1.165) is 24.3 Å². The molecule has 184 valence electrons. The molecular formula is C24H26F2N6O2S. The Morgan fingerprint density at radius 3 is 2.80 bits per heavy atom. The molecule has 1 saturated heterocycles. The number of halogens is 2. The lowest BCUT2D eigenvalue weighted by Gasteiger charge is -2.20. The van der Waals surface area contributed by atoms with Crippen LogP contribution in [-0.2, 0) is 17.7 Å². The number of nitrogens with zero attached hydrogens (tertiary/aromatic N) is 5. The summed E-state index contributed by atoms with van der Waals surface area (Å²) >= 11 is 1.46. The van der Waals surface area contributed by atoms with Gasteiger partial charge in [-0.3, -0.25) is 9.36 Å². The van der Waals surface area contributed by atoms with E-state index in [0.29, 0.717) is 21.9 Å². The topological polar surface area (TPSA) is 77.2 Å². The van der Waals surface area contributed by atoms with Crippen molar-refractivity contribution in [2.45, 2.75) is 31.5 Å². The first-order chi connectivity index (χ1) is 17.0. The van der Waals surface area contributed by atoms with Crippen LogP contribution in [0.5, 0.6) is 0 Å². The number of methoxy groups -OCH3 is 1. The van der Waals surface area contributed by atoms with Gasteiger partial charge in [0, 0.05) is 73.4 Å². The number of ether oxygens (including phenoxy) is 1. The van der Waals surface area contributed by atoms with E-state index < -0.39 is 13.0 Å². The summed E-state index contributed by atoms with van der Waals surface area (Å²) in [6.07, 6.45) is 4.17. The fourth-order valence-electron chi connectivity index (χ4n) is 4.68. The van der Waals surface area contributed by atoms with E-state index in [-0.39, 0.29) is 24.0 Å². The average molecular weight is 501 g/mol. The highest BCUT2D eigenvalue weighted by molar-refractivity contribution is 7.12. The minimum absolute atomic E-state index is 0.0659. The molecule has 0 saturated carbocycles. The number of anilines is 1. The third kappa shape index (κ3) is 4.58. The van der Waals surface area contributed by atoms with E-state index in [1.54, 1.807) is 19.5 Å². The number of alkyl halides is 2. The molecule has 3 aromatic heterocycles. The lowest BCUT2D eigenvalue weighted by Crippen LogP contribution is -2.37. The summed E-state index contributed by atoms with van der Waals surface area (Å²) in [5.74, 6) is 0.421. The molecule has 0 bridgehead atoms. The van der Waals surface area contributed by atoms with Crippen LogP contribution in [0.1, 0.15) is 11.4 Å². The highest BCUT2D eigenvalue weighted by Crippen LogP contribution is 2.28. The van der Waals surface area contributed by atoms with Crippen LogP contribution in [-0.4, -0.2) is 64.9 Å². The smallest absolute Gasteiger partial charge is 0.256 e. The van der Waals surface area contributed by atoms with Gasteiger partial charge in [0.15, 0.2) is 10.6 Å².